The number of nitrogens with one attached hydrogen (secondary N) is 1. The summed E-state index contributed by atoms with van der Waals surface area (Å²) in [7, 11) is 0. The number of halogens is 1. The van der Waals surface area contributed by atoms with Gasteiger partial charge in [-0.2, -0.15) is 0 Å². The third-order valence-electron chi connectivity index (χ3n) is 4.43. The molecule has 142 valence electrons. The molecule has 0 unspecified atom stereocenters. The van der Waals surface area contributed by atoms with Crippen LogP contribution in [-0.2, 0) is 0 Å². The summed E-state index contributed by atoms with van der Waals surface area (Å²) < 4.78 is 1.04. The maximum atomic E-state index is 13.0. The molecule has 0 spiro atoms. The zero-order chi connectivity index (χ0) is 20.1. The molecule has 3 aromatic carbocycles. The number of hydrogen-bond acceptors (Lipinski definition) is 2. The number of nitrogens with zero attached hydrogens (tertiary/aromatic N) is 1. The summed E-state index contributed by atoms with van der Waals surface area (Å²) in [5, 5.41) is 2.88. The van der Waals surface area contributed by atoms with Gasteiger partial charge in [-0.25, -0.2) is 0 Å². The molecule has 0 atom stereocenters. The normalized spacial score (nSPS) is 10.4. The summed E-state index contributed by atoms with van der Waals surface area (Å²) in [6, 6.07) is 22.2. The van der Waals surface area contributed by atoms with Gasteiger partial charge in [0.1, 0.15) is 0 Å². The van der Waals surface area contributed by atoms with Gasteiger partial charge in [0.2, 0.25) is 0 Å². The van der Waals surface area contributed by atoms with E-state index in [0.717, 1.165) is 14.8 Å². The molecule has 0 radical (unpaired) electrons. The number of aryl methyl sites for hydroxylation is 1. The minimum atomic E-state index is -0.196. The highest BCUT2D eigenvalue weighted by molar-refractivity contribution is 14.1. The van der Waals surface area contributed by atoms with Crippen molar-refractivity contribution in [3.8, 4) is 0 Å². The van der Waals surface area contributed by atoms with Gasteiger partial charge < -0.3 is 10.2 Å². The second-order valence-corrected chi connectivity index (χ2v) is 7.55. The zero-order valence-electron chi connectivity index (χ0n) is 15.8. The fourth-order valence-corrected chi connectivity index (χ4v) is 3.39. The number of benzene rings is 3. The molecule has 0 saturated carbocycles. The largest absolute Gasteiger partial charge is 0.322 e. The summed E-state index contributed by atoms with van der Waals surface area (Å²) in [5.41, 5.74) is 3.69. The van der Waals surface area contributed by atoms with Crippen LogP contribution in [0.3, 0.4) is 0 Å². The molecule has 3 rings (SSSR count). The molecule has 5 heteroatoms. The van der Waals surface area contributed by atoms with Crippen LogP contribution in [0.25, 0.3) is 0 Å². The first-order valence-corrected chi connectivity index (χ1v) is 10.1. The highest BCUT2D eigenvalue weighted by Gasteiger charge is 2.17. The fourth-order valence-electron chi connectivity index (χ4n) is 2.87. The fraction of sp³-hybridized carbons (Fsp3) is 0.130. The minimum absolute atomic E-state index is 0.102. The van der Waals surface area contributed by atoms with Gasteiger partial charge in [0.05, 0.1) is 0 Å². The molecule has 0 bridgehead atoms. The Bertz CT molecular complexity index is 1000. The predicted molar refractivity (Wildman–Crippen MR) is 122 cm³/mol. The lowest BCUT2D eigenvalue weighted by Gasteiger charge is -2.21. The number of amides is 2. The van der Waals surface area contributed by atoms with Crippen molar-refractivity contribution < 1.29 is 9.59 Å². The van der Waals surface area contributed by atoms with Crippen LogP contribution >= 0.6 is 22.6 Å². The molecule has 0 saturated heterocycles. The molecule has 2 amide bonds. The third-order valence-corrected chi connectivity index (χ3v) is 5.59. The van der Waals surface area contributed by atoms with Crippen LogP contribution in [0.4, 0.5) is 11.4 Å². The van der Waals surface area contributed by atoms with Crippen molar-refractivity contribution in [1.29, 1.82) is 0 Å². The summed E-state index contributed by atoms with van der Waals surface area (Å²) in [6.45, 7) is 4.50. The van der Waals surface area contributed by atoms with Gasteiger partial charge in [-0.15, -0.1) is 0 Å². The summed E-state index contributed by atoms with van der Waals surface area (Å²) in [6.07, 6.45) is 0. The molecule has 0 aromatic heterocycles. The number of anilines is 2. The van der Waals surface area contributed by atoms with Crippen LogP contribution in [0.1, 0.15) is 33.2 Å². The van der Waals surface area contributed by atoms with Gasteiger partial charge in [0.25, 0.3) is 11.8 Å². The average molecular weight is 484 g/mol. The van der Waals surface area contributed by atoms with Gasteiger partial charge in [-0.1, -0.05) is 30.3 Å². The Morgan fingerprint density at radius 2 is 1.68 bits per heavy atom. The number of rotatable bonds is 5. The van der Waals surface area contributed by atoms with Crippen LogP contribution in [0.15, 0.2) is 72.8 Å². The second kappa shape index (κ2) is 9.01. The number of carbonyl (C=O) groups excluding carboxylic acids is 2. The maximum Gasteiger partial charge on any atom is 0.258 e. The summed E-state index contributed by atoms with van der Waals surface area (Å²) in [5.74, 6) is -0.299. The molecular weight excluding hydrogens is 463 g/mol. The SMILES string of the molecule is CCN(C(=O)c1cccc(NC(=O)c2ccc(C)c(I)c2)c1)c1ccccc1. The van der Waals surface area contributed by atoms with Crippen molar-refractivity contribution in [1.82, 2.24) is 0 Å². The lowest BCUT2D eigenvalue weighted by molar-refractivity contribution is 0.0985. The van der Waals surface area contributed by atoms with Crippen LogP contribution in [0, 0.1) is 10.5 Å². The van der Waals surface area contributed by atoms with Crippen molar-refractivity contribution in [3.63, 3.8) is 0 Å². The van der Waals surface area contributed by atoms with Crippen LogP contribution in [0.5, 0.6) is 0 Å². The molecule has 0 aliphatic carbocycles. The quantitative estimate of drug-likeness (QED) is 0.485. The Balaban J connectivity index is 1.80. The van der Waals surface area contributed by atoms with E-state index in [1.165, 1.54) is 0 Å². The Kier molecular flexibility index (Phi) is 6.46. The standard InChI is InChI=1S/C23H21IN2O2/c1-3-26(20-10-5-4-6-11-20)23(28)18-8-7-9-19(14-18)25-22(27)17-13-12-16(2)21(24)15-17/h4-15H,3H2,1-2H3,(H,25,27). The highest BCUT2D eigenvalue weighted by atomic mass is 127. The molecule has 0 heterocycles. The first-order chi connectivity index (χ1) is 13.5. The number of para-hydroxylation sites is 1. The Morgan fingerprint density at radius 3 is 2.36 bits per heavy atom. The van der Waals surface area contributed by atoms with Gasteiger partial charge >= 0.3 is 0 Å². The van der Waals surface area contributed by atoms with Gasteiger partial charge in [0, 0.05) is 32.6 Å². The van der Waals surface area contributed by atoms with Crippen molar-refractivity contribution >= 4 is 45.8 Å². The molecular formula is C23H21IN2O2. The van der Waals surface area contributed by atoms with Crippen molar-refractivity contribution in [2.24, 2.45) is 0 Å². The van der Waals surface area contributed by atoms with Gasteiger partial charge in [0.15, 0.2) is 0 Å². The topological polar surface area (TPSA) is 49.4 Å². The van der Waals surface area contributed by atoms with E-state index in [1.807, 2.05) is 56.3 Å². The lowest BCUT2D eigenvalue weighted by atomic mass is 10.1. The van der Waals surface area contributed by atoms with E-state index in [2.05, 4.69) is 27.9 Å². The van der Waals surface area contributed by atoms with E-state index < -0.39 is 0 Å². The minimum Gasteiger partial charge on any atom is -0.322 e. The smallest absolute Gasteiger partial charge is 0.258 e. The van der Waals surface area contributed by atoms with E-state index in [9.17, 15) is 9.59 Å². The van der Waals surface area contributed by atoms with Gasteiger partial charge in [-0.05, 0) is 84.5 Å². The first-order valence-electron chi connectivity index (χ1n) is 9.04. The molecule has 0 aliphatic heterocycles. The molecule has 3 aromatic rings. The van der Waals surface area contributed by atoms with Crippen molar-refractivity contribution in [2.45, 2.75) is 13.8 Å². The van der Waals surface area contributed by atoms with E-state index in [4.69, 9.17) is 0 Å². The zero-order valence-corrected chi connectivity index (χ0v) is 17.9. The molecule has 0 aliphatic rings. The summed E-state index contributed by atoms with van der Waals surface area (Å²) in [4.78, 5) is 27.3. The Morgan fingerprint density at radius 1 is 0.929 bits per heavy atom. The molecule has 4 nitrogen and oxygen atoms in total. The molecule has 28 heavy (non-hydrogen) atoms. The predicted octanol–water partition coefficient (Wildman–Crippen LogP) is 5.52. The van der Waals surface area contributed by atoms with Crippen molar-refractivity contribution in [2.75, 3.05) is 16.8 Å². The van der Waals surface area contributed by atoms with E-state index in [1.54, 1.807) is 35.2 Å². The third kappa shape index (κ3) is 4.59. The number of hydrogen-bond donors (Lipinski definition) is 1. The highest BCUT2D eigenvalue weighted by Crippen LogP contribution is 2.20. The maximum absolute atomic E-state index is 13.0. The summed E-state index contributed by atoms with van der Waals surface area (Å²) >= 11 is 2.22. The molecule has 0 fully saturated rings. The Hall–Kier alpha value is -2.67. The van der Waals surface area contributed by atoms with Crippen LogP contribution in [-0.4, -0.2) is 18.4 Å². The van der Waals surface area contributed by atoms with E-state index in [-0.39, 0.29) is 11.8 Å². The van der Waals surface area contributed by atoms with Crippen LogP contribution in [0.2, 0.25) is 0 Å². The lowest BCUT2D eigenvalue weighted by Crippen LogP contribution is -2.30. The van der Waals surface area contributed by atoms with Crippen molar-refractivity contribution in [3.05, 3.63) is 93.1 Å². The van der Waals surface area contributed by atoms with Gasteiger partial charge in [-0.3, -0.25) is 9.59 Å². The monoisotopic (exact) mass is 484 g/mol. The Labute approximate surface area is 178 Å². The van der Waals surface area contributed by atoms with Crippen LogP contribution < -0.4 is 10.2 Å². The molecule has 1 N–H and O–H groups in total. The first kappa shape index (κ1) is 20.1. The average Bonchev–Trinajstić information content (AvgIpc) is 2.71. The second-order valence-electron chi connectivity index (χ2n) is 6.38. The number of carbonyl (C=O) groups is 2. The van der Waals surface area contributed by atoms with E-state index >= 15 is 0 Å². The van der Waals surface area contributed by atoms with E-state index in [0.29, 0.717) is 23.4 Å².